The first-order valence-electron chi connectivity index (χ1n) is 8.29. The lowest BCUT2D eigenvalue weighted by Crippen LogP contribution is -2.23. The molecule has 138 valence electrons. The van der Waals surface area contributed by atoms with Gasteiger partial charge >= 0.3 is 0 Å². The van der Waals surface area contributed by atoms with Gasteiger partial charge in [0.1, 0.15) is 5.75 Å². The number of thioether (sulfide) groups is 1. The predicted molar refractivity (Wildman–Crippen MR) is 109 cm³/mol. The number of carbonyl (C=O) groups excluding carboxylic acids is 2. The van der Waals surface area contributed by atoms with Crippen LogP contribution in [-0.2, 0) is 9.59 Å². The highest BCUT2D eigenvalue weighted by Gasteiger charge is 2.29. The first-order valence-corrected chi connectivity index (χ1v) is 9.10. The normalized spacial score (nSPS) is 16.8. The number of nitrogens with one attached hydrogen (secondary N) is 1. The zero-order valence-electron chi connectivity index (χ0n) is 15.0. The molecule has 3 rings (SSSR count). The molecule has 7 heteroatoms. The Balaban J connectivity index is 1.57. The molecule has 0 aliphatic carbocycles. The molecule has 0 spiro atoms. The van der Waals surface area contributed by atoms with E-state index in [-0.39, 0.29) is 18.4 Å². The van der Waals surface area contributed by atoms with E-state index in [2.05, 4.69) is 10.3 Å². The molecular formula is C20H19N3O3S. The minimum atomic E-state index is -0.227. The Morgan fingerprint density at radius 2 is 1.89 bits per heavy atom. The van der Waals surface area contributed by atoms with Crippen molar-refractivity contribution in [1.29, 1.82) is 0 Å². The van der Waals surface area contributed by atoms with Crippen LogP contribution in [-0.4, -0.2) is 42.6 Å². The summed E-state index contributed by atoms with van der Waals surface area (Å²) in [4.78, 5) is 30.3. The van der Waals surface area contributed by atoms with Crippen LogP contribution in [0.2, 0.25) is 0 Å². The van der Waals surface area contributed by atoms with Crippen LogP contribution >= 0.6 is 11.8 Å². The lowest BCUT2D eigenvalue weighted by atomic mass is 10.2. The van der Waals surface area contributed by atoms with Crippen LogP contribution in [0.25, 0.3) is 6.08 Å². The number of nitrogens with zero attached hydrogens (tertiary/aromatic N) is 2. The number of aliphatic imine (C=N–C) groups is 1. The van der Waals surface area contributed by atoms with E-state index in [4.69, 9.17) is 4.74 Å². The fourth-order valence-corrected chi connectivity index (χ4v) is 3.36. The first kappa shape index (κ1) is 18.7. The summed E-state index contributed by atoms with van der Waals surface area (Å²) in [5.74, 6) is 0.284. The molecule has 2 aromatic carbocycles. The van der Waals surface area contributed by atoms with Gasteiger partial charge in [-0.15, -0.1) is 0 Å². The van der Waals surface area contributed by atoms with Gasteiger partial charge in [0.25, 0.3) is 11.8 Å². The SMILES string of the molecule is CN=C1S/C(=C\c2ccc(OCC(=O)Nc3ccccc3)cc2)C(=O)N1C. The molecule has 1 N–H and O–H groups in total. The fourth-order valence-electron chi connectivity index (χ4n) is 2.43. The summed E-state index contributed by atoms with van der Waals surface area (Å²) < 4.78 is 5.51. The van der Waals surface area contributed by atoms with E-state index in [0.717, 1.165) is 11.3 Å². The maximum Gasteiger partial charge on any atom is 0.266 e. The van der Waals surface area contributed by atoms with Crippen LogP contribution in [0.4, 0.5) is 5.69 Å². The van der Waals surface area contributed by atoms with Crippen molar-refractivity contribution in [1.82, 2.24) is 4.90 Å². The smallest absolute Gasteiger partial charge is 0.266 e. The molecule has 0 aromatic heterocycles. The highest BCUT2D eigenvalue weighted by atomic mass is 32.2. The maximum atomic E-state index is 12.2. The number of anilines is 1. The van der Waals surface area contributed by atoms with Crippen molar-refractivity contribution in [3.63, 3.8) is 0 Å². The highest BCUT2D eigenvalue weighted by molar-refractivity contribution is 8.18. The number of ether oxygens (including phenoxy) is 1. The fraction of sp³-hybridized carbons (Fsp3) is 0.150. The third-order valence-electron chi connectivity index (χ3n) is 3.80. The van der Waals surface area contributed by atoms with E-state index < -0.39 is 0 Å². The average molecular weight is 381 g/mol. The predicted octanol–water partition coefficient (Wildman–Crippen LogP) is 3.24. The van der Waals surface area contributed by atoms with E-state index >= 15 is 0 Å². The molecule has 0 atom stereocenters. The van der Waals surface area contributed by atoms with Gasteiger partial charge < -0.3 is 10.1 Å². The summed E-state index contributed by atoms with van der Waals surface area (Å²) in [7, 11) is 3.37. The van der Waals surface area contributed by atoms with Gasteiger partial charge in [-0.3, -0.25) is 19.5 Å². The average Bonchev–Trinajstić information content (AvgIpc) is 2.96. The molecule has 0 saturated carbocycles. The second kappa shape index (κ2) is 8.55. The Labute approximate surface area is 161 Å². The van der Waals surface area contributed by atoms with Gasteiger partial charge in [0.15, 0.2) is 11.8 Å². The Kier molecular flexibility index (Phi) is 5.93. The van der Waals surface area contributed by atoms with Crippen molar-refractivity contribution in [2.45, 2.75) is 0 Å². The van der Waals surface area contributed by atoms with Gasteiger partial charge in [0.2, 0.25) is 0 Å². The minimum absolute atomic E-state index is 0.0708. The Hall–Kier alpha value is -3.06. The second-order valence-electron chi connectivity index (χ2n) is 5.75. The van der Waals surface area contributed by atoms with Gasteiger partial charge in [-0.2, -0.15) is 0 Å². The molecule has 2 aromatic rings. The molecular weight excluding hydrogens is 362 g/mol. The Morgan fingerprint density at radius 1 is 1.19 bits per heavy atom. The molecule has 2 amide bonds. The van der Waals surface area contributed by atoms with Crippen molar-refractivity contribution in [2.24, 2.45) is 4.99 Å². The highest BCUT2D eigenvalue weighted by Crippen LogP contribution is 2.31. The van der Waals surface area contributed by atoms with Crippen LogP contribution in [0, 0.1) is 0 Å². The number of carbonyl (C=O) groups is 2. The van der Waals surface area contributed by atoms with Crippen molar-refractivity contribution < 1.29 is 14.3 Å². The van der Waals surface area contributed by atoms with Gasteiger partial charge in [-0.1, -0.05) is 30.3 Å². The number of benzene rings is 2. The number of amides is 2. The summed E-state index contributed by atoms with van der Waals surface area (Å²) in [6.07, 6.45) is 1.81. The largest absolute Gasteiger partial charge is 0.484 e. The topological polar surface area (TPSA) is 71.0 Å². The van der Waals surface area contributed by atoms with E-state index in [1.807, 2.05) is 48.5 Å². The van der Waals surface area contributed by atoms with Crippen molar-refractivity contribution in [3.05, 3.63) is 65.1 Å². The van der Waals surface area contributed by atoms with E-state index in [9.17, 15) is 9.59 Å². The number of likely N-dealkylation sites (N-methyl/N-ethyl adjacent to an activating group) is 1. The molecule has 0 bridgehead atoms. The maximum absolute atomic E-state index is 12.2. The van der Waals surface area contributed by atoms with Crippen LogP contribution in [0.5, 0.6) is 5.75 Å². The quantitative estimate of drug-likeness (QED) is 0.807. The van der Waals surface area contributed by atoms with Gasteiger partial charge in [0.05, 0.1) is 4.91 Å². The molecule has 27 heavy (non-hydrogen) atoms. The molecule has 1 fully saturated rings. The van der Waals surface area contributed by atoms with Crippen molar-refractivity contribution in [3.8, 4) is 5.75 Å². The van der Waals surface area contributed by atoms with Crippen LogP contribution in [0.1, 0.15) is 5.56 Å². The number of hydrogen-bond donors (Lipinski definition) is 1. The third-order valence-corrected chi connectivity index (χ3v) is 4.95. The second-order valence-corrected chi connectivity index (χ2v) is 6.76. The molecule has 1 heterocycles. The van der Waals surface area contributed by atoms with Crippen LogP contribution in [0.3, 0.4) is 0 Å². The van der Waals surface area contributed by atoms with Gasteiger partial charge in [-0.25, -0.2) is 0 Å². The summed E-state index contributed by atoms with van der Waals surface area (Å²) in [6, 6.07) is 16.4. The first-order chi connectivity index (χ1) is 13.1. The standard InChI is InChI=1S/C20H19N3O3S/c1-21-20-23(2)19(25)17(27-20)12-14-8-10-16(11-9-14)26-13-18(24)22-15-6-4-3-5-7-15/h3-12H,13H2,1-2H3,(H,22,24)/b17-12-,21-20?. The number of hydrogen-bond acceptors (Lipinski definition) is 5. The third kappa shape index (κ3) is 4.77. The Morgan fingerprint density at radius 3 is 2.52 bits per heavy atom. The molecule has 1 saturated heterocycles. The lowest BCUT2D eigenvalue weighted by Gasteiger charge is -2.07. The minimum Gasteiger partial charge on any atom is -0.484 e. The van der Waals surface area contributed by atoms with E-state index in [1.54, 1.807) is 26.2 Å². The van der Waals surface area contributed by atoms with E-state index in [1.165, 1.54) is 16.7 Å². The number of rotatable bonds is 5. The van der Waals surface area contributed by atoms with Crippen molar-refractivity contribution in [2.75, 3.05) is 26.0 Å². The molecule has 0 unspecified atom stereocenters. The zero-order chi connectivity index (χ0) is 19.2. The van der Waals surface area contributed by atoms with Crippen molar-refractivity contribution >= 4 is 40.5 Å². The van der Waals surface area contributed by atoms with E-state index in [0.29, 0.717) is 15.8 Å². The number of amidine groups is 1. The van der Waals surface area contributed by atoms with Crippen LogP contribution in [0.15, 0.2) is 64.5 Å². The molecule has 1 aliphatic rings. The molecule has 1 aliphatic heterocycles. The molecule has 6 nitrogen and oxygen atoms in total. The summed E-state index contributed by atoms with van der Waals surface area (Å²) in [5, 5.41) is 3.44. The summed E-state index contributed by atoms with van der Waals surface area (Å²) in [6.45, 7) is -0.0786. The van der Waals surface area contributed by atoms with Gasteiger partial charge in [-0.05, 0) is 47.7 Å². The van der Waals surface area contributed by atoms with Crippen LogP contribution < -0.4 is 10.1 Å². The molecule has 0 radical (unpaired) electrons. The number of para-hydroxylation sites is 1. The lowest BCUT2D eigenvalue weighted by molar-refractivity contribution is -0.121. The van der Waals surface area contributed by atoms with Gasteiger partial charge in [0, 0.05) is 19.8 Å². The Bertz CT molecular complexity index is 892. The zero-order valence-corrected chi connectivity index (χ0v) is 15.8. The summed E-state index contributed by atoms with van der Waals surface area (Å²) in [5.41, 5.74) is 1.60. The monoisotopic (exact) mass is 381 g/mol. The summed E-state index contributed by atoms with van der Waals surface area (Å²) >= 11 is 1.34.